The number of rotatable bonds is 6. The van der Waals surface area contributed by atoms with Gasteiger partial charge in [-0.1, -0.05) is 31.8 Å². The van der Waals surface area contributed by atoms with Crippen LogP contribution in [0.15, 0.2) is 4.52 Å². The van der Waals surface area contributed by atoms with E-state index in [9.17, 15) is 4.79 Å². The number of aryl methyl sites for hydroxylation is 1. The quantitative estimate of drug-likeness (QED) is 0.820. The third kappa shape index (κ3) is 4.11. The molecule has 0 saturated heterocycles. The number of nitrogens with one attached hydrogen (secondary N) is 1. The maximum absolute atomic E-state index is 13.0. The maximum atomic E-state index is 13.0. The minimum Gasteiger partial charge on any atom is -0.348 e. The molecule has 2 aliphatic rings. The predicted octanol–water partition coefficient (Wildman–Crippen LogP) is 2.46. The van der Waals surface area contributed by atoms with Crippen LogP contribution in [0.5, 0.6) is 0 Å². The standard InChI is InChI=1S/C20H30N6O2/c1-13(2)10-26-17-8-9-25(12-18-21-14(3)28-24-18)11-16(17)19(23-26)20(27)22-15-6-4-5-7-15/h13,15H,4-12H2,1-3H3,(H,22,27). The zero-order chi connectivity index (χ0) is 19.7. The Morgan fingerprint density at radius 2 is 2.11 bits per heavy atom. The molecule has 0 bridgehead atoms. The van der Waals surface area contributed by atoms with Gasteiger partial charge in [0.15, 0.2) is 11.5 Å². The Labute approximate surface area is 165 Å². The van der Waals surface area contributed by atoms with Gasteiger partial charge in [0, 0.05) is 50.3 Å². The van der Waals surface area contributed by atoms with Gasteiger partial charge in [0.05, 0.1) is 6.54 Å². The van der Waals surface area contributed by atoms with Crippen molar-refractivity contribution in [2.45, 2.75) is 78.6 Å². The summed E-state index contributed by atoms with van der Waals surface area (Å²) in [6.45, 7) is 9.20. The fourth-order valence-electron chi connectivity index (χ4n) is 4.29. The first-order valence-electron chi connectivity index (χ1n) is 10.4. The van der Waals surface area contributed by atoms with Crippen molar-refractivity contribution in [2.75, 3.05) is 6.54 Å². The Hall–Kier alpha value is -2.22. The molecule has 1 aliphatic heterocycles. The van der Waals surface area contributed by atoms with Crippen molar-refractivity contribution in [3.63, 3.8) is 0 Å². The van der Waals surface area contributed by atoms with E-state index in [-0.39, 0.29) is 5.91 Å². The number of carbonyl (C=O) groups is 1. The average molecular weight is 387 g/mol. The van der Waals surface area contributed by atoms with Crippen LogP contribution in [-0.2, 0) is 26.1 Å². The Balaban J connectivity index is 1.56. The molecule has 28 heavy (non-hydrogen) atoms. The number of nitrogens with zero attached hydrogens (tertiary/aromatic N) is 5. The van der Waals surface area contributed by atoms with Crippen LogP contribution < -0.4 is 5.32 Å². The van der Waals surface area contributed by atoms with Gasteiger partial charge in [-0.2, -0.15) is 10.1 Å². The first-order valence-corrected chi connectivity index (χ1v) is 10.4. The largest absolute Gasteiger partial charge is 0.348 e. The molecule has 1 fully saturated rings. The monoisotopic (exact) mass is 386 g/mol. The Morgan fingerprint density at radius 3 is 2.79 bits per heavy atom. The molecule has 0 unspecified atom stereocenters. The molecule has 0 spiro atoms. The second-order valence-electron chi connectivity index (χ2n) is 8.49. The number of hydrogen-bond donors (Lipinski definition) is 1. The van der Waals surface area contributed by atoms with E-state index in [1.54, 1.807) is 6.92 Å². The molecule has 2 aromatic heterocycles. The smallest absolute Gasteiger partial charge is 0.272 e. The third-order valence-electron chi connectivity index (χ3n) is 5.59. The van der Waals surface area contributed by atoms with Crippen LogP contribution in [-0.4, -0.2) is 43.3 Å². The fourth-order valence-corrected chi connectivity index (χ4v) is 4.29. The summed E-state index contributed by atoms with van der Waals surface area (Å²) in [5.74, 6) is 1.72. The van der Waals surface area contributed by atoms with E-state index in [0.717, 1.165) is 37.9 Å². The highest BCUT2D eigenvalue weighted by Gasteiger charge is 2.30. The Bertz CT molecular complexity index is 834. The minimum absolute atomic E-state index is 0.0251. The van der Waals surface area contributed by atoms with E-state index in [4.69, 9.17) is 9.62 Å². The highest BCUT2D eigenvalue weighted by molar-refractivity contribution is 5.94. The van der Waals surface area contributed by atoms with E-state index in [2.05, 4.69) is 38.9 Å². The number of carbonyl (C=O) groups excluding carboxylic acids is 1. The molecule has 0 radical (unpaired) electrons. The summed E-state index contributed by atoms with van der Waals surface area (Å²) < 4.78 is 7.15. The fraction of sp³-hybridized carbons (Fsp3) is 0.700. The maximum Gasteiger partial charge on any atom is 0.272 e. The van der Waals surface area contributed by atoms with Crippen LogP contribution in [0.25, 0.3) is 0 Å². The van der Waals surface area contributed by atoms with Crippen LogP contribution in [0.3, 0.4) is 0 Å². The van der Waals surface area contributed by atoms with Gasteiger partial charge in [0.2, 0.25) is 5.89 Å². The van der Waals surface area contributed by atoms with Gasteiger partial charge >= 0.3 is 0 Å². The SMILES string of the molecule is Cc1nc(CN2CCc3c(c(C(=O)NC4CCCC4)nn3CC(C)C)C2)no1. The molecule has 2 aromatic rings. The van der Waals surface area contributed by atoms with Crippen LogP contribution in [0.2, 0.25) is 0 Å². The number of aromatic nitrogens is 4. The third-order valence-corrected chi connectivity index (χ3v) is 5.59. The molecule has 4 rings (SSSR count). The summed E-state index contributed by atoms with van der Waals surface area (Å²) in [6.07, 6.45) is 5.42. The highest BCUT2D eigenvalue weighted by Crippen LogP contribution is 2.25. The topological polar surface area (TPSA) is 89.1 Å². The number of hydrogen-bond acceptors (Lipinski definition) is 6. The second-order valence-corrected chi connectivity index (χ2v) is 8.49. The number of amides is 1. The minimum atomic E-state index is -0.0251. The molecule has 0 atom stereocenters. The molecule has 0 aromatic carbocycles. The zero-order valence-electron chi connectivity index (χ0n) is 17.1. The van der Waals surface area contributed by atoms with E-state index in [1.807, 2.05) is 0 Å². The first kappa shape index (κ1) is 19.1. The summed E-state index contributed by atoms with van der Waals surface area (Å²) >= 11 is 0. The summed E-state index contributed by atoms with van der Waals surface area (Å²) in [5.41, 5.74) is 2.85. The van der Waals surface area contributed by atoms with Gasteiger partial charge in [-0.15, -0.1) is 0 Å². The summed E-state index contributed by atoms with van der Waals surface area (Å²) in [4.78, 5) is 19.6. The molecule has 1 N–H and O–H groups in total. The number of fused-ring (bicyclic) bond motifs is 1. The molecule has 1 saturated carbocycles. The van der Waals surface area contributed by atoms with E-state index in [1.165, 1.54) is 18.5 Å². The summed E-state index contributed by atoms with van der Waals surface area (Å²) in [5, 5.41) is 12.0. The summed E-state index contributed by atoms with van der Waals surface area (Å²) in [7, 11) is 0. The first-order chi connectivity index (χ1) is 13.5. The predicted molar refractivity (Wildman–Crippen MR) is 104 cm³/mol. The molecule has 8 nitrogen and oxygen atoms in total. The van der Waals surface area contributed by atoms with E-state index >= 15 is 0 Å². The van der Waals surface area contributed by atoms with Gasteiger partial charge in [-0.3, -0.25) is 14.4 Å². The molecule has 1 amide bonds. The lowest BCUT2D eigenvalue weighted by atomic mass is 10.0. The molecule has 152 valence electrons. The average Bonchev–Trinajstić information content (AvgIpc) is 3.36. The van der Waals surface area contributed by atoms with Gasteiger partial charge < -0.3 is 9.84 Å². The van der Waals surface area contributed by atoms with E-state index in [0.29, 0.717) is 42.5 Å². The highest BCUT2D eigenvalue weighted by atomic mass is 16.5. The lowest BCUT2D eigenvalue weighted by Gasteiger charge is -2.26. The van der Waals surface area contributed by atoms with Crippen molar-refractivity contribution in [3.05, 3.63) is 28.7 Å². The second kappa shape index (κ2) is 8.03. The zero-order valence-corrected chi connectivity index (χ0v) is 17.1. The van der Waals surface area contributed by atoms with Crippen molar-refractivity contribution >= 4 is 5.91 Å². The van der Waals surface area contributed by atoms with Crippen LogP contribution in [0.4, 0.5) is 0 Å². The van der Waals surface area contributed by atoms with Crippen LogP contribution in [0.1, 0.15) is 73.0 Å². The van der Waals surface area contributed by atoms with Crippen molar-refractivity contribution < 1.29 is 9.32 Å². The lowest BCUT2D eigenvalue weighted by Crippen LogP contribution is -2.35. The lowest BCUT2D eigenvalue weighted by molar-refractivity contribution is 0.0929. The van der Waals surface area contributed by atoms with Gasteiger partial charge in [0.1, 0.15) is 0 Å². The molecular formula is C20H30N6O2. The van der Waals surface area contributed by atoms with Crippen LogP contribution in [0, 0.1) is 12.8 Å². The van der Waals surface area contributed by atoms with Gasteiger partial charge in [0.25, 0.3) is 5.91 Å². The van der Waals surface area contributed by atoms with Crippen molar-refractivity contribution in [1.82, 2.24) is 30.1 Å². The molecule has 3 heterocycles. The summed E-state index contributed by atoms with van der Waals surface area (Å²) in [6, 6.07) is 0.292. The van der Waals surface area contributed by atoms with Crippen molar-refractivity contribution in [3.8, 4) is 0 Å². The Kier molecular flexibility index (Phi) is 5.48. The Morgan fingerprint density at radius 1 is 1.32 bits per heavy atom. The van der Waals surface area contributed by atoms with E-state index < -0.39 is 0 Å². The molecule has 8 heteroatoms. The normalized spacial score (nSPS) is 18.0. The molecule has 1 aliphatic carbocycles. The van der Waals surface area contributed by atoms with Crippen LogP contribution >= 0.6 is 0 Å². The van der Waals surface area contributed by atoms with Crippen molar-refractivity contribution in [1.29, 1.82) is 0 Å². The van der Waals surface area contributed by atoms with Gasteiger partial charge in [-0.05, 0) is 18.8 Å². The molecular weight excluding hydrogens is 356 g/mol. The van der Waals surface area contributed by atoms with Crippen molar-refractivity contribution in [2.24, 2.45) is 5.92 Å². The van der Waals surface area contributed by atoms with Gasteiger partial charge in [-0.25, -0.2) is 0 Å².